The van der Waals surface area contributed by atoms with Gasteiger partial charge in [-0.05, 0) is 38.5 Å². The van der Waals surface area contributed by atoms with Crippen molar-refractivity contribution < 1.29 is 31.1 Å². The number of pyridine rings is 1. The first-order chi connectivity index (χ1) is 7.50. The van der Waals surface area contributed by atoms with Gasteiger partial charge in [-0.2, -0.15) is 13.2 Å². The van der Waals surface area contributed by atoms with Crippen molar-refractivity contribution in [1.82, 2.24) is 4.98 Å². The Hall–Kier alpha value is -0.260. The van der Waals surface area contributed by atoms with Gasteiger partial charge >= 0.3 is 12.5 Å². The summed E-state index contributed by atoms with van der Waals surface area (Å²) in [6, 6.07) is 0.743. The zero-order valence-electron chi connectivity index (χ0n) is 7.46. The van der Waals surface area contributed by atoms with Gasteiger partial charge in [0.2, 0.25) is 5.88 Å². The van der Waals surface area contributed by atoms with Crippen LogP contribution < -0.4 is 4.74 Å². The first-order valence-electron chi connectivity index (χ1n) is 3.69. The van der Waals surface area contributed by atoms with E-state index in [-0.39, 0.29) is 3.57 Å². The van der Waals surface area contributed by atoms with Gasteiger partial charge in [-0.3, -0.25) is 0 Å². The maximum absolute atomic E-state index is 12.4. The lowest BCUT2D eigenvalue weighted by atomic mass is 10.3. The molecule has 0 atom stereocenters. The Bertz CT molecular complexity index is 432. The Kier molecular flexibility index (Phi) is 4.16. The van der Waals surface area contributed by atoms with E-state index >= 15 is 0 Å². The predicted molar refractivity (Wildman–Crippen MR) is 56.3 cm³/mol. The average Bonchev–Trinajstić information content (AvgIpc) is 2.06. The molecule has 0 spiro atoms. The van der Waals surface area contributed by atoms with Crippen LogP contribution in [0.5, 0.6) is 5.88 Å². The Balaban J connectivity index is 3.25. The lowest BCUT2D eigenvalue weighted by Crippen LogP contribution is -2.19. The van der Waals surface area contributed by atoms with Crippen molar-refractivity contribution >= 4 is 38.5 Å². The van der Waals surface area contributed by atoms with Gasteiger partial charge in [0, 0.05) is 9.64 Å². The Morgan fingerprint density at radius 2 is 1.71 bits per heavy atom. The molecule has 0 aliphatic carbocycles. The molecule has 96 valence electrons. The Morgan fingerprint density at radius 3 is 2.12 bits per heavy atom. The summed E-state index contributed by atoms with van der Waals surface area (Å²) in [5.41, 5.74) is -1.47. The van der Waals surface area contributed by atoms with Crippen LogP contribution in [0.3, 0.4) is 0 Å². The zero-order valence-corrected chi connectivity index (χ0v) is 11.2. The molecule has 1 heterocycles. The van der Waals surface area contributed by atoms with Crippen molar-refractivity contribution in [1.29, 1.82) is 0 Å². The molecular weight excluding hydrogens is 435 g/mol. The fraction of sp³-hybridized carbons (Fsp3) is 0.286. The molecule has 0 aromatic carbocycles. The van der Waals surface area contributed by atoms with Crippen molar-refractivity contribution in [2.45, 2.75) is 12.5 Å². The summed E-state index contributed by atoms with van der Waals surface area (Å²) >= 11 is 4.04. The molecule has 0 saturated heterocycles. The van der Waals surface area contributed by atoms with Crippen LogP contribution in [0.4, 0.5) is 26.3 Å². The van der Waals surface area contributed by atoms with Crippen LogP contribution in [0, 0.1) is 3.57 Å². The molecule has 0 unspecified atom stereocenters. The molecule has 2 nitrogen and oxygen atoms in total. The van der Waals surface area contributed by atoms with Gasteiger partial charge in [-0.1, -0.05) is 0 Å². The van der Waals surface area contributed by atoms with Gasteiger partial charge in [0.25, 0.3) is 0 Å². The number of alkyl halides is 6. The molecule has 0 aliphatic rings. The second-order valence-corrected chi connectivity index (χ2v) is 4.61. The molecule has 0 N–H and O–H groups in total. The maximum atomic E-state index is 12.4. The van der Waals surface area contributed by atoms with Crippen LogP contribution in [-0.2, 0) is 6.18 Å². The molecule has 0 amide bonds. The van der Waals surface area contributed by atoms with E-state index in [0.29, 0.717) is 0 Å². The SMILES string of the molecule is FC(F)(F)Oc1cc(I)c(Br)c(C(F)(F)F)n1. The molecule has 0 radical (unpaired) electrons. The topological polar surface area (TPSA) is 22.1 Å². The normalized spacial score (nSPS) is 12.7. The minimum atomic E-state index is -5.09. The van der Waals surface area contributed by atoms with Crippen LogP contribution in [0.2, 0.25) is 0 Å². The standard InChI is InChI=1S/C7HBrF6INO/c8-4-2(15)1-3(17-7(12,13)14)16-5(4)6(9,10)11/h1H. The Labute approximate surface area is 113 Å². The van der Waals surface area contributed by atoms with Crippen molar-refractivity contribution in [3.63, 3.8) is 0 Å². The van der Waals surface area contributed by atoms with E-state index in [0.717, 1.165) is 6.07 Å². The van der Waals surface area contributed by atoms with Gasteiger partial charge < -0.3 is 4.74 Å². The summed E-state index contributed by atoms with van der Waals surface area (Å²) in [7, 11) is 0. The smallest absolute Gasteiger partial charge is 0.388 e. The molecule has 0 aliphatic heterocycles. The number of hydrogen-bond donors (Lipinski definition) is 0. The highest BCUT2D eigenvalue weighted by Crippen LogP contribution is 2.38. The minimum Gasteiger partial charge on any atom is -0.388 e. The minimum absolute atomic E-state index is 0.0934. The van der Waals surface area contributed by atoms with Crippen LogP contribution >= 0.6 is 38.5 Å². The summed E-state index contributed by atoms with van der Waals surface area (Å²) in [5.74, 6) is -1.16. The predicted octanol–water partition coefficient (Wildman–Crippen LogP) is 4.37. The summed E-state index contributed by atoms with van der Waals surface area (Å²) in [6.07, 6.45) is -9.96. The summed E-state index contributed by atoms with van der Waals surface area (Å²) < 4.78 is 75.6. The van der Waals surface area contributed by atoms with Gasteiger partial charge in [0.1, 0.15) is 0 Å². The number of rotatable bonds is 1. The first kappa shape index (κ1) is 14.8. The quantitative estimate of drug-likeness (QED) is 0.483. The van der Waals surface area contributed by atoms with E-state index in [9.17, 15) is 26.3 Å². The van der Waals surface area contributed by atoms with Crippen molar-refractivity contribution in [2.75, 3.05) is 0 Å². The molecule has 1 rings (SSSR count). The van der Waals surface area contributed by atoms with E-state index in [4.69, 9.17) is 0 Å². The zero-order chi connectivity index (χ0) is 13.4. The van der Waals surface area contributed by atoms with Gasteiger partial charge in [-0.25, -0.2) is 4.98 Å². The van der Waals surface area contributed by atoms with E-state index in [2.05, 4.69) is 25.7 Å². The molecule has 1 aromatic heterocycles. The lowest BCUT2D eigenvalue weighted by molar-refractivity contribution is -0.276. The van der Waals surface area contributed by atoms with Crippen LogP contribution in [0.1, 0.15) is 5.69 Å². The second kappa shape index (κ2) is 4.78. The van der Waals surface area contributed by atoms with E-state index in [1.54, 1.807) is 0 Å². The van der Waals surface area contributed by atoms with E-state index in [1.807, 2.05) is 0 Å². The fourth-order valence-electron chi connectivity index (χ4n) is 0.835. The first-order valence-corrected chi connectivity index (χ1v) is 5.57. The second-order valence-electron chi connectivity index (χ2n) is 2.65. The molecule has 17 heavy (non-hydrogen) atoms. The lowest BCUT2D eigenvalue weighted by Gasteiger charge is -2.13. The van der Waals surface area contributed by atoms with Crippen LogP contribution in [-0.4, -0.2) is 11.3 Å². The van der Waals surface area contributed by atoms with Crippen LogP contribution in [0.15, 0.2) is 10.5 Å². The monoisotopic (exact) mass is 435 g/mol. The molecule has 1 aromatic rings. The molecule has 0 fully saturated rings. The largest absolute Gasteiger partial charge is 0.574 e. The highest BCUT2D eigenvalue weighted by molar-refractivity contribution is 14.1. The fourth-order valence-corrected chi connectivity index (χ4v) is 1.78. The van der Waals surface area contributed by atoms with Crippen molar-refractivity contribution in [2.24, 2.45) is 0 Å². The van der Waals surface area contributed by atoms with Crippen molar-refractivity contribution in [3.05, 3.63) is 19.8 Å². The molecular formula is C7HBrF6INO. The third-order valence-electron chi connectivity index (χ3n) is 1.38. The maximum Gasteiger partial charge on any atom is 0.574 e. The number of ether oxygens (including phenoxy) is 1. The number of aromatic nitrogens is 1. The van der Waals surface area contributed by atoms with Gasteiger partial charge in [0.05, 0.1) is 4.47 Å². The number of hydrogen-bond acceptors (Lipinski definition) is 2. The highest BCUT2D eigenvalue weighted by atomic mass is 127. The third-order valence-corrected chi connectivity index (χ3v) is 3.77. The van der Waals surface area contributed by atoms with E-state index in [1.165, 1.54) is 22.6 Å². The Morgan fingerprint density at radius 1 is 1.18 bits per heavy atom. The van der Waals surface area contributed by atoms with Gasteiger partial charge in [-0.15, -0.1) is 13.2 Å². The highest BCUT2D eigenvalue weighted by Gasteiger charge is 2.38. The molecule has 0 saturated carbocycles. The van der Waals surface area contributed by atoms with Crippen LogP contribution in [0.25, 0.3) is 0 Å². The molecule has 0 bridgehead atoms. The summed E-state index contributed by atoms with van der Waals surface area (Å²) in [4.78, 5) is 2.77. The summed E-state index contributed by atoms with van der Waals surface area (Å²) in [5, 5.41) is 0. The summed E-state index contributed by atoms with van der Waals surface area (Å²) in [6.45, 7) is 0. The number of nitrogens with zero attached hydrogens (tertiary/aromatic N) is 1. The van der Waals surface area contributed by atoms with E-state index < -0.39 is 28.6 Å². The van der Waals surface area contributed by atoms with Gasteiger partial charge in [0.15, 0.2) is 5.69 Å². The molecule has 10 heteroatoms. The van der Waals surface area contributed by atoms with Crippen molar-refractivity contribution in [3.8, 4) is 5.88 Å². The number of halogens is 8. The average molecular weight is 436 g/mol. The third kappa shape index (κ3) is 4.16.